The second kappa shape index (κ2) is 17.1. The predicted molar refractivity (Wildman–Crippen MR) is 155 cm³/mol. The van der Waals surface area contributed by atoms with Crippen LogP contribution in [0.1, 0.15) is 31.4 Å². The summed E-state index contributed by atoms with van der Waals surface area (Å²) < 4.78 is 32.2. The molecule has 1 aliphatic rings. The molecule has 0 saturated heterocycles. The summed E-state index contributed by atoms with van der Waals surface area (Å²) in [4.78, 5) is 29.6. The Morgan fingerprint density at radius 1 is 1.22 bits per heavy atom. The summed E-state index contributed by atoms with van der Waals surface area (Å²) in [6, 6.07) is 1.58. The lowest BCUT2D eigenvalue weighted by Gasteiger charge is -2.25. The summed E-state index contributed by atoms with van der Waals surface area (Å²) in [5, 5.41) is 25.0. The van der Waals surface area contributed by atoms with Crippen molar-refractivity contribution in [3.63, 3.8) is 0 Å². The van der Waals surface area contributed by atoms with Gasteiger partial charge >= 0.3 is 6.03 Å². The van der Waals surface area contributed by atoms with E-state index in [0.29, 0.717) is 48.5 Å². The first kappa shape index (κ1) is 33.3. The second-order valence-electron chi connectivity index (χ2n) is 9.20. The van der Waals surface area contributed by atoms with Gasteiger partial charge < -0.3 is 36.4 Å². The summed E-state index contributed by atoms with van der Waals surface area (Å²) in [6.07, 6.45) is 7.09. The molecule has 0 aliphatic heterocycles. The van der Waals surface area contributed by atoms with Crippen molar-refractivity contribution in [3.8, 4) is 0 Å². The standard InChI is InChI=1S/C29H40F2N6O4/c1-18(26(33-3)19-8-6-7-9-21(28(39)34-4)24(15-19)32-2)16-36-29(40)37-25(17-35-12-13-41-5)27(38)20-10-11-22(30)23(31)14-20/h6,8,10-11,14-16,25,27,32,35,38H,7,9,12-13,17H2,1-5H3,(H,34,39)(H2,36,37,40)/b8-6-,18-16+,19-15+,24-21-,33-26+/t25-,27?/m1/s1. The zero-order valence-electron chi connectivity index (χ0n) is 24.1. The third kappa shape index (κ3) is 9.92. The Morgan fingerprint density at radius 3 is 2.61 bits per heavy atom. The van der Waals surface area contributed by atoms with E-state index in [1.807, 2.05) is 18.2 Å². The van der Waals surface area contributed by atoms with Crippen molar-refractivity contribution in [2.24, 2.45) is 4.99 Å². The SMILES string of the molecule is C/N=C(C(\C)=C\NC(=O)N[C@H](CNCCOC)C(O)c1ccc(F)c(F)c1)/C1=C/C(NC)=C(/C(=O)NC)CC/C=C\1. The molecule has 2 rings (SSSR count). The zero-order valence-corrected chi connectivity index (χ0v) is 24.1. The second-order valence-corrected chi connectivity index (χ2v) is 9.20. The van der Waals surface area contributed by atoms with E-state index in [9.17, 15) is 23.5 Å². The maximum atomic E-state index is 13.8. The number of aliphatic hydroxyl groups excluding tert-OH is 1. The number of carbonyl (C=O) groups excluding carboxylic acids is 2. The number of ether oxygens (including phenoxy) is 1. The van der Waals surface area contributed by atoms with Gasteiger partial charge in [0, 0.05) is 64.4 Å². The van der Waals surface area contributed by atoms with Crippen molar-refractivity contribution in [3.05, 3.63) is 82.2 Å². The number of halogens is 2. The summed E-state index contributed by atoms with van der Waals surface area (Å²) in [5.74, 6) is -2.30. The lowest BCUT2D eigenvalue weighted by molar-refractivity contribution is -0.117. The van der Waals surface area contributed by atoms with Crippen LogP contribution in [0.5, 0.6) is 0 Å². The number of rotatable bonds is 13. The fourth-order valence-corrected chi connectivity index (χ4v) is 4.21. The maximum Gasteiger partial charge on any atom is 0.319 e. The van der Waals surface area contributed by atoms with Crippen molar-refractivity contribution in [2.75, 3.05) is 47.9 Å². The number of nitrogens with zero attached hydrogens (tertiary/aromatic N) is 1. The Bertz CT molecular complexity index is 1230. The van der Waals surface area contributed by atoms with Crippen molar-refractivity contribution >= 4 is 17.6 Å². The van der Waals surface area contributed by atoms with Crippen LogP contribution in [0.25, 0.3) is 0 Å². The van der Waals surface area contributed by atoms with Crippen LogP contribution < -0.4 is 26.6 Å². The minimum absolute atomic E-state index is 0.113. The van der Waals surface area contributed by atoms with E-state index in [-0.39, 0.29) is 18.0 Å². The third-order valence-electron chi connectivity index (χ3n) is 6.37. The van der Waals surface area contributed by atoms with Gasteiger partial charge in [-0.25, -0.2) is 13.6 Å². The van der Waals surface area contributed by atoms with Gasteiger partial charge in [-0.3, -0.25) is 9.79 Å². The Morgan fingerprint density at radius 2 is 1.98 bits per heavy atom. The monoisotopic (exact) mass is 574 g/mol. The van der Waals surface area contributed by atoms with Gasteiger partial charge in [0.05, 0.1) is 18.4 Å². The Hall–Kier alpha value is -3.87. The normalized spacial score (nSPS) is 19.7. The number of hydrogen-bond donors (Lipinski definition) is 6. The molecule has 0 bridgehead atoms. The molecule has 3 amide bonds. The van der Waals surface area contributed by atoms with Gasteiger partial charge in [0.15, 0.2) is 11.6 Å². The molecule has 0 aromatic heterocycles. The molecule has 0 fully saturated rings. The van der Waals surface area contributed by atoms with Crippen LogP contribution >= 0.6 is 0 Å². The average Bonchev–Trinajstić information content (AvgIpc) is 2.95. The Balaban J connectivity index is 2.23. The van der Waals surface area contributed by atoms with E-state index >= 15 is 0 Å². The number of carbonyl (C=O) groups is 2. The largest absolute Gasteiger partial charge is 0.388 e. The minimum Gasteiger partial charge on any atom is -0.388 e. The van der Waals surface area contributed by atoms with Gasteiger partial charge in [-0.2, -0.15) is 0 Å². The molecule has 0 saturated carbocycles. The number of aliphatic imine (C=N–C) groups is 1. The first-order valence-electron chi connectivity index (χ1n) is 13.2. The molecule has 1 aromatic rings. The van der Waals surface area contributed by atoms with Crippen molar-refractivity contribution in [1.29, 1.82) is 0 Å². The van der Waals surface area contributed by atoms with Crippen LogP contribution in [0.15, 0.2) is 70.0 Å². The zero-order chi connectivity index (χ0) is 30.4. The number of methoxy groups -OCH3 is 1. The molecule has 2 atom stereocenters. The van der Waals surface area contributed by atoms with E-state index in [1.54, 1.807) is 35.2 Å². The van der Waals surface area contributed by atoms with Gasteiger partial charge in [0.25, 0.3) is 0 Å². The molecule has 41 heavy (non-hydrogen) atoms. The van der Waals surface area contributed by atoms with E-state index in [4.69, 9.17) is 4.74 Å². The number of aliphatic hydroxyl groups is 1. The van der Waals surface area contributed by atoms with Crippen molar-refractivity contribution < 1.29 is 28.2 Å². The van der Waals surface area contributed by atoms with Gasteiger partial charge in [0.1, 0.15) is 6.10 Å². The minimum atomic E-state index is -1.32. The quantitative estimate of drug-likeness (QED) is 0.158. The van der Waals surface area contributed by atoms with Gasteiger partial charge in [0.2, 0.25) is 5.91 Å². The molecule has 1 unspecified atom stereocenters. The van der Waals surface area contributed by atoms with Crippen molar-refractivity contribution in [2.45, 2.75) is 31.9 Å². The molecule has 1 aromatic carbocycles. The highest BCUT2D eigenvalue weighted by Gasteiger charge is 2.24. The fraction of sp³-hybridized carbons (Fsp3) is 0.414. The molecule has 0 heterocycles. The summed E-state index contributed by atoms with van der Waals surface area (Å²) in [6.45, 7) is 2.76. The van der Waals surface area contributed by atoms with Crippen molar-refractivity contribution in [1.82, 2.24) is 26.6 Å². The molecule has 0 radical (unpaired) electrons. The van der Waals surface area contributed by atoms with Crippen LogP contribution in [0.3, 0.4) is 0 Å². The van der Waals surface area contributed by atoms with Crippen LogP contribution in [0, 0.1) is 11.6 Å². The molecular formula is C29H40F2N6O4. The van der Waals surface area contributed by atoms with E-state index < -0.39 is 29.8 Å². The number of allylic oxidation sites excluding steroid dienone is 5. The molecule has 224 valence electrons. The van der Waals surface area contributed by atoms with Crippen LogP contribution in [0.4, 0.5) is 13.6 Å². The highest BCUT2D eigenvalue weighted by Crippen LogP contribution is 2.21. The number of amides is 3. The predicted octanol–water partition coefficient (Wildman–Crippen LogP) is 2.37. The Kier molecular flexibility index (Phi) is 13.9. The van der Waals surface area contributed by atoms with E-state index in [1.165, 1.54) is 12.3 Å². The molecule has 6 N–H and O–H groups in total. The van der Waals surface area contributed by atoms with E-state index in [2.05, 4.69) is 31.6 Å². The third-order valence-corrected chi connectivity index (χ3v) is 6.37. The number of nitrogens with one attached hydrogen (secondary N) is 5. The van der Waals surface area contributed by atoms with Gasteiger partial charge in [-0.15, -0.1) is 0 Å². The fourth-order valence-electron chi connectivity index (χ4n) is 4.21. The first-order valence-corrected chi connectivity index (χ1v) is 13.2. The molecular weight excluding hydrogens is 534 g/mol. The highest BCUT2D eigenvalue weighted by molar-refractivity contribution is 6.14. The number of likely N-dealkylation sites (N-methyl/N-ethyl adjacent to an activating group) is 2. The topological polar surface area (TPSA) is 136 Å². The van der Waals surface area contributed by atoms with Gasteiger partial charge in [-0.05, 0) is 49.1 Å². The number of hydrogen-bond acceptors (Lipinski definition) is 7. The lowest BCUT2D eigenvalue weighted by atomic mass is 9.96. The summed E-state index contributed by atoms with van der Waals surface area (Å²) in [7, 11) is 6.50. The highest BCUT2D eigenvalue weighted by atomic mass is 19.2. The summed E-state index contributed by atoms with van der Waals surface area (Å²) in [5.41, 5.74) is 3.36. The number of urea groups is 1. The summed E-state index contributed by atoms with van der Waals surface area (Å²) >= 11 is 0. The van der Waals surface area contributed by atoms with Gasteiger partial charge in [-0.1, -0.05) is 18.2 Å². The first-order chi connectivity index (χ1) is 19.7. The molecule has 12 heteroatoms. The van der Waals surface area contributed by atoms with Crippen LogP contribution in [0.2, 0.25) is 0 Å². The molecule has 0 spiro atoms. The maximum absolute atomic E-state index is 13.8. The lowest BCUT2D eigenvalue weighted by Crippen LogP contribution is -2.49. The average molecular weight is 575 g/mol. The van der Waals surface area contributed by atoms with Crippen LogP contribution in [-0.2, 0) is 9.53 Å². The number of benzene rings is 1. The van der Waals surface area contributed by atoms with E-state index in [0.717, 1.165) is 17.7 Å². The molecule has 1 aliphatic carbocycles. The Labute approximate surface area is 239 Å². The van der Waals surface area contributed by atoms with Crippen LogP contribution in [-0.4, -0.2) is 76.7 Å². The smallest absolute Gasteiger partial charge is 0.319 e. The molecule has 10 nitrogen and oxygen atoms in total.